The Hall–Kier alpha value is -0.820. The highest BCUT2D eigenvalue weighted by Gasteiger charge is 2.30. The summed E-state index contributed by atoms with van der Waals surface area (Å²) in [5, 5.41) is 3.19. The van der Waals surface area contributed by atoms with Crippen molar-refractivity contribution < 1.29 is 13.2 Å². The Kier molecular flexibility index (Phi) is 6.26. The third-order valence-corrected chi connectivity index (χ3v) is 5.21. The van der Waals surface area contributed by atoms with Crippen LogP contribution in [0, 0.1) is 0 Å². The van der Waals surface area contributed by atoms with Crippen LogP contribution in [0.1, 0.15) is 13.8 Å². The molecule has 1 saturated heterocycles. The number of piperazine rings is 1. The zero-order valence-electron chi connectivity index (χ0n) is 11.7. The standard InChI is InChI=1S/C13H20N2O3S.ClH/c1-3-18-12-4-6-13(7-5-12)19(16,17)15-9-8-14-10-11(15)2;/h4-7,11,14H,3,8-10H2,1-2H3;1H/t11-;/m1./s1. The van der Waals surface area contributed by atoms with Gasteiger partial charge in [-0.25, -0.2) is 8.42 Å². The van der Waals surface area contributed by atoms with Crippen LogP contribution in [0.3, 0.4) is 0 Å². The monoisotopic (exact) mass is 320 g/mol. The summed E-state index contributed by atoms with van der Waals surface area (Å²) in [6, 6.07) is 6.58. The average Bonchev–Trinajstić information content (AvgIpc) is 2.40. The number of halogens is 1. The van der Waals surface area contributed by atoms with E-state index in [0.717, 1.165) is 0 Å². The van der Waals surface area contributed by atoms with Crippen molar-refractivity contribution in [2.24, 2.45) is 0 Å². The predicted molar refractivity (Wildman–Crippen MR) is 81.1 cm³/mol. The molecule has 0 aromatic heterocycles. The SMILES string of the molecule is CCOc1ccc(S(=O)(=O)N2CCNC[C@H]2C)cc1.Cl. The Morgan fingerprint density at radius 1 is 1.35 bits per heavy atom. The van der Waals surface area contributed by atoms with Crippen molar-refractivity contribution in [3.8, 4) is 5.75 Å². The number of nitrogens with one attached hydrogen (secondary N) is 1. The van der Waals surface area contributed by atoms with Crippen molar-refractivity contribution in [2.45, 2.75) is 24.8 Å². The van der Waals surface area contributed by atoms with Crippen LogP contribution in [-0.2, 0) is 10.0 Å². The number of sulfonamides is 1. The van der Waals surface area contributed by atoms with Crippen LogP contribution in [0.15, 0.2) is 29.2 Å². The van der Waals surface area contributed by atoms with Crippen molar-refractivity contribution in [1.29, 1.82) is 0 Å². The molecule has 1 aromatic carbocycles. The fourth-order valence-electron chi connectivity index (χ4n) is 2.19. The minimum Gasteiger partial charge on any atom is -0.494 e. The first-order valence-electron chi connectivity index (χ1n) is 6.51. The Bertz CT molecular complexity index is 519. The summed E-state index contributed by atoms with van der Waals surface area (Å²) in [7, 11) is -3.41. The Morgan fingerprint density at radius 2 is 2.00 bits per heavy atom. The van der Waals surface area contributed by atoms with Gasteiger partial charge in [0.2, 0.25) is 10.0 Å². The summed E-state index contributed by atoms with van der Waals surface area (Å²) in [4.78, 5) is 0.324. The number of hydrogen-bond acceptors (Lipinski definition) is 4. The Labute approximate surface area is 126 Å². The third kappa shape index (κ3) is 3.63. The first-order chi connectivity index (χ1) is 9.05. The van der Waals surface area contributed by atoms with Gasteiger partial charge in [0.15, 0.2) is 0 Å². The van der Waals surface area contributed by atoms with E-state index < -0.39 is 10.0 Å². The summed E-state index contributed by atoms with van der Waals surface area (Å²) >= 11 is 0. The van der Waals surface area contributed by atoms with Crippen LogP contribution >= 0.6 is 12.4 Å². The van der Waals surface area contributed by atoms with Gasteiger partial charge in [-0.2, -0.15) is 4.31 Å². The molecule has 0 amide bonds. The maximum atomic E-state index is 12.5. The average molecular weight is 321 g/mol. The van der Waals surface area contributed by atoms with Crippen LogP contribution in [0.25, 0.3) is 0 Å². The summed E-state index contributed by atoms with van der Waals surface area (Å²) in [6.07, 6.45) is 0. The molecule has 1 heterocycles. The maximum absolute atomic E-state index is 12.5. The molecule has 1 aliphatic rings. The molecule has 5 nitrogen and oxygen atoms in total. The van der Waals surface area contributed by atoms with Crippen LogP contribution in [-0.4, -0.2) is 45.0 Å². The summed E-state index contributed by atoms with van der Waals surface area (Å²) in [5.41, 5.74) is 0. The van der Waals surface area contributed by atoms with Gasteiger partial charge < -0.3 is 10.1 Å². The van der Waals surface area contributed by atoms with E-state index in [-0.39, 0.29) is 18.4 Å². The molecule has 0 saturated carbocycles. The van der Waals surface area contributed by atoms with Crippen molar-refractivity contribution in [1.82, 2.24) is 9.62 Å². The van der Waals surface area contributed by atoms with Gasteiger partial charge in [-0.1, -0.05) is 0 Å². The smallest absolute Gasteiger partial charge is 0.243 e. The van der Waals surface area contributed by atoms with E-state index in [2.05, 4.69) is 5.32 Å². The Morgan fingerprint density at radius 3 is 2.55 bits per heavy atom. The fraction of sp³-hybridized carbons (Fsp3) is 0.538. The van der Waals surface area contributed by atoms with E-state index in [1.54, 1.807) is 28.6 Å². The molecule has 114 valence electrons. The second kappa shape index (κ2) is 7.26. The lowest BCUT2D eigenvalue weighted by Crippen LogP contribution is -2.52. The third-order valence-electron chi connectivity index (χ3n) is 3.18. The number of rotatable bonds is 4. The first kappa shape index (κ1) is 17.2. The topological polar surface area (TPSA) is 58.6 Å². The van der Waals surface area contributed by atoms with Gasteiger partial charge in [0.1, 0.15) is 5.75 Å². The van der Waals surface area contributed by atoms with Gasteiger partial charge >= 0.3 is 0 Å². The van der Waals surface area contributed by atoms with Gasteiger partial charge in [0, 0.05) is 25.7 Å². The number of ether oxygens (including phenoxy) is 1. The molecule has 1 aromatic rings. The fourth-order valence-corrected chi connectivity index (χ4v) is 3.82. The first-order valence-corrected chi connectivity index (χ1v) is 7.95. The quantitative estimate of drug-likeness (QED) is 0.913. The number of nitrogens with zero attached hydrogens (tertiary/aromatic N) is 1. The van der Waals surface area contributed by atoms with Crippen LogP contribution in [0.4, 0.5) is 0 Å². The highest BCUT2D eigenvalue weighted by atomic mass is 35.5. The second-order valence-corrected chi connectivity index (χ2v) is 6.46. The number of hydrogen-bond donors (Lipinski definition) is 1. The van der Waals surface area contributed by atoms with Crippen molar-refractivity contribution in [3.05, 3.63) is 24.3 Å². The lowest BCUT2D eigenvalue weighted by Gasteiger charge is -2.32. The van der Waals surface area contributed by atoms with Crippen LogP contribution in [0.5, 0.6) is 5.75 Å². The van der Waals surface area contributed by atoms with E-state index in [4.69, 9.17) is 4.74 Å². The second-order valence-electron chi connectivity index (χ2n) is 4.57. The lowest BCUT2D eigenvalue weighted by atomic mass is 10.3. The largest absolute Gasteiger partial charge is 0.494 e. The van der Waals surface area contributed by atoms with E-state index in [1.807, 2.05) is 13.8 Å². The Balaban J connectivity index is 0.00000200. The molecule has 2 rings (SSSR count). The highest BCUT2D eigenvalue weighted by Crippen LogP contribution is 2.21. The highest BCUT2D eigenvalue weighted by molar-refractivity contribution is 7.89. The predicted octanol–water partition coefficient (Wildman–Crippen LogP) is 1.49. The zero-order chi connectivity index (χ0) is 13.9. The number of benzene rings is 1. The van der Waals surface area contributed by atoms with Crippen molar-refractivity contribution in [2.75, 3.05) is 26.2 Å². The van der Waals surface area contributed by atoms with E-state index in [9.17, 15) is 8.42 Å². The zero-order valence-corrected chi connectivity index (χ0v) is 13.3. The summed E-state index contributed by atoms with van der Waals surface area (Å²) in [6.45, 7) is 6.28. The molecular formula is C13H21ClN2O3S. The molecule has 0 bridgehead atoms. The molecular weight excluding hydrogens is 300 g/mol. The van der Waals surface area contributed by atoms with E-state index in [1.165, 1.54) is 0 Å². The molecule has 7 heteroatoms. The molecule has 0 radical (unpaired) electrons. The normalized spacial score (nSPS) is 20.2. The van der Waals surface area contributed by atoms with Gasteiger partial charge in [-0.3, -0.25) is 0 Å². The molecule has 20 heavy (non-hydrogen) atoms. The van der Waals surface area contributed by atoms with Crippen molar-refractivity contribution >= 4 is 22.4 Å². The van der Waals surface area contributed by atoms with Gasteiger partial charge in [-0.05, 0) is 38.1 Å². The van der Waals surface area contributed by atoms with Crippen molar-refractivity contribution in [3.63, 3.8) is 0 Å². The molecule has 1 N–H and O–H groups in total. The van der Waals surface area contributed by atoms with Crippen LogP contribution in [0.2, 0.25) is 0 Å². The van der Waals surface area contributed by atoms with E-state index >= 15 is 0 Å². The molecule has 1 fully saturated rings. The summed E-state index contributed by atoms with van der Waals surface area (Å²) in [5.74, 6) is 0.690. The van der Waals surface area contributed by atoms with Gasteiger partial charge in [-0.15, -0.1) is 12.4 Å². The molecule has 0 unspecified atom stereocenters. The van der Waals surface area contributed by atoms with Gasteiger partial charge in [0.05, 0.1) is 11.5 Å². The van der Waals surface area contributed by atoms with E-state index in [0.29, 0.717) is 36.9 Å². The lowest BCUT2D eigenvalue weighted by molar-refractivity contribution is 0.284. The summed E-state index contributed by atoms with van der Waals surface area (Å²) < 4.78 is 31.9. The molecule has 1 aliphatic heterocycles. The minimum absolute atomic E-state index is 0. The van der Waals surface area contributed by atoms with Crippen LogP contribution < -0.4 is 10.1 Å². The molecule has 0 aliphatic carbocycles. The molecule has 1 atom stereocenters. The maximum Gasteiger partial charge on any atom is 0.243 e. The minimum atomic E-state index is -3.41. The molecule has 0 spiro atoms. The van der Waals surface area contributed by atoms with Gasteiger partial charge in [0.25, 0.3) is 0 Å².